The zero-order valence-corrected chi connectivity index (χ0v) is 25.4. The summed E-state index contributed by atoms with van der Waals surface area (Å²) in [4.78, 5) is 12.2. The van der Waals surface area contributed by atoms with Crippen molar-refractivity contribution >= 4 is 5.91 Å². The second-order valence-corrected chi connectivity index (χ2v) is 11.2. The average molecular weight is 536 g/mol. The van der Waals surface area contributed by atoms with Crippen molar-refractivity contribution in [2.75, 3.05) is 6.61 Å². The topological polar surface area (TPSA) is 69.6 Å². The van der Waals surface area contributed by atoms with Crippen LogP contribution in [0.5, 0.6) is 0 Å². The summed E-state index contributed by atoms with van der Waals surface area (Å²) < 4.78 is 0. The molecule has 2 atom stereocenters. The number of hydrogen-bond acceptors (Lipinski definition) is 3. The number of rotatable bonds is 29. The fourth-order valence-corrected chi connectivity index (χ4v) is 4.82. The molecule has 224 valence electrons. The van der Waals surface area contributed by atoms with Gasteiger partial charge in [-0.2, -0.15) is 0 Å². The first-order valence-corrected chi connectivity index (χ1v) is 16.6. The SMILES string of the molecule is CCC/C=C\CCCCCCCC/C=C/[C@@H](O)[C@H](CO)NC(=O)CCCCCCCCCCCCCCC. The molecule has 0 radical (unpaired) electrons. The molecule has 0 saturated carbocycles. The van der Waals surface area contributed by atoms with E-state index in [4.69, 9.17) is 0 Å². The summed E-state index contributed by atoms with van der Waals surface area (Å²) in [5.41, 5.74) is 0. The summed E-state index contributed by atoms with van der Waals surface area (Å²) in [5.74, 6) is -0.0690. The Hall–Kier alpha value is -1.13. The van der Waals surface area contributed by atoms with Crippen molar-refractivity contribution in [3.8, 4) is 0 Å². The predicted octanol–water partition coefficient (Wildman–Crippen LogP) is 9.34. The molecule has 0 fully saturated rings. The van der Waals surface area contributed by atoms with E-state index in [1.165, 1.54) is 122 Å². The third-order valence-electron chi connectivity index (χ3n) is 7.41. The number of allylic oxidation sites excluding steroid dienone is 3. The number of carbonyl (C=O) groups excluding carboxylic acids is 1. The van der Waals surface area contributed by atoms with E-state index in [1.54, 1.807) is 6.08 Å². The van der Waals surface area contributed by atoms with E-state index in [-0.39, 0.29) is 12.5 Å². The molecule has 38 heavy (non-hydrogen) atoms. The van der Waals surface area contributed by atoms with Crippen LogP contribution in [0, 0.1) is 0 Å². The number of hydrogen-bond donors (Lipinski definition) is 3. The van der Waals surface area contributed by atoms with Crippen molar-refractivity contribution in [2.45, 2.75) is 180 Å². The van der Waals surface area contributed by atoms with Crippen LogP contribution in [0.4, 0.5) is 0 Å². The molecule has 4 nitrogen and oxygen atoms in total. The summed E-state index contributed by atoms with van der Waals surface area (Å²) in [6.45, 7) is 4.23. The molecule has 0 heterocycles. The Bertz CT molecular complexity index is 546. The van der Waals surface area contributed by atoms with Gasteiger partial charge in [-0.25, -0.2) is 0 Å². The van der Waals surface area contributed by atoms with Crippen LogP contribution in [-0.4, -0.2) is 34.9 Å². The Morgan fingerprint density at radius 1 is 0.605 bits per heavy atom. The second-order valence-electron chi connectivity index (χ2n) is 11.2. The van der Waals surface area contributed by atoms with Gasteiger partial charge < -0.3 is 15.5 Å². The molecule has 0 saturated heterocycles. The minimum Gasteiger partial charge on any atom is -0.394 e. The van der Waals surface area contributed by atoms with Gasteiger partial charge in [0.15, 0.2) is 0 Å². The lowest BCUT2D eigenvalue weighted by molar-refractivity contribution is -0.123. The second kappa shape index (κ2) is 30.4. The summed E-state index contributed by atoms with van der Waals surface area (Å²) in [5, 5.41) is 22.8. The van der Waals surface area contributed by atoms with Crippen molar-refractivity contribution in [1.82, 2.24) is 5.32 Å². The Morgan fingerprint density at radius 3 is 1.55 bits per heavy atom. The summed E-state index contributed by atoms with van der Waals surface area (Å²) >= 11 is 0. The van der Waals surface area contributed by atoms with Crippen molar-refractivity contribution in [2.24, 2.45) is 0 Å². The van der Waals surface area contributed by atoms with Gasteiger partial charge in [-0.15, -0.1) is 0 Å². The monoisotopic (exact) mass is 535 g/mol. The molecule has 0 aromatic rings. The normalized spacial score (nSPS) is 13.5. The van der Waals surface area contributed by atoms with Gasteiger partial charge >= 0.3 is 0 Å². The van der Waals surface area contributed by atoms with Crippen LogP contribution in [0.3, 0.4) is 0 Å². The molecule has 0 aromatic heterocycles. The maximum Gasteiger partial charge on any atom is 0.220 e. The standard InChI is InChI=1S/C34H65NO3/c1-3-5-7-9-11-13-15-17-19-21-23-25-27-29-33(37)32(31-36)35-34(38)30-28-26-24-22-20-18-16-14-12-10-8-6-4-2/h7,9,27,29,32-33,36-37H,3-6,8,10-26,28,30-31H2,1-2H3,(H,35,38)/b9-7-,29-27+/t32-,33+/m0/s1. The Labute approximate surface area is 237 Å². The van der Waals surface area contributed by atoms with Gasteiger partial charge in [0.25, 0.3) is 0 Å². The largest absolute Gasteiger partial charge is 0.394 e. The smallest absolute Gasteiger partial charge is 0.220 e. The molecular formula is C34H65NO3. The van der Waals surface area contributed by atoms with Crippen LogP contribution in [0.25, 0.3) is 0 Å². The van der Waals surface area contributed by atoms with Gasteiger partial charge in [0.1, 0.15) is 0 Å². The van der Waals surface area contributed by atoms with E-state index < -0.39 is 12.1 Å². The van der Waals surface area contributed by atoms with Crippen LogP contribution < -0.4 is 5.32 Å². The highest BCUT2D eigenvalue weighted by Crippen LogP contribution is 2.13. The molecule has 0 aromatic carbocycles. The Morgan fingerprint density at radius 2 is 1.05 bits per heavy atom. The highest BCUT2D eigenvalue weighted by molar-refractivity contribution is 5.76. The van der Waals surface area contributed by atoms with Gasteiger partial charge in [0.2, 0.25) is 5.91 Å². The third kappa shape index (κ3) is 26.5. The predicted molar refractivity (Wildman–Crippen MR) is 165 cm³/mol. The fraction of sp³-hybridized carbons (Fsp3) is 0.853. The highest BCUT2D eigenvalue weighted by atomic mass is 16.3. The van der Waals surface area contributed by atoms with Crippen molar-refractivity contribution < 1.29 is 15.0 Å². The van der Waals surface area contributed by atoms with E-state index >= 15 is 0 Å². The van der Waals surface area contributed by atoms with Crippen LogP contribution in [0.2, 0.25) is 0 Å². The molecule has 0 rings (SSSR count). The molecule has 0 aliphatic carbocycles. The van der Waals surface area contributed by atoms with Crippen LogP contribution >= 0.6 is 0 Å². The van der Waals surface area contributed by atoms with Crippen molar-refractivity contribution in [3.05, 3.63) is 24.3 Å². The zero-order chi connectivity index (χ0) is 27.9. The minimum absolute atomic E-state index is 0.0690. The quantitative estimate of drug-likeness (QED) is 0.0660. The maximum absolute atomic E-state index is 12.2. The van der Waals surface area contributed by atoms with Gasteiger partial charge in [-0.05, 0) is 38.5 Å². The number of unbranched alkanes of at least 4 members (excludes halogenated alkanes) is 20. The van der Waals surface area contributed by atoms with Gasteiger partial charge in [-0.3, -0.25) is 4.79 Å². The molecule has 0 bridgehead atoms. The van der Waals surface area contributed by atoms with Gasteiger partial charge in [0, 0.05) is 6.42 Å². The summed E-state index contributed by atoms with van der Waals surface area (Å²) in [6, 6.07) is -0.618. The molecular weight excluding hydrogens is 470 g/mol. The first-order valence-electron chi connectivity index (χ1n) is 16.6. The maximum atomic E-state index is 12.2. The first kappa shape index (κ1) is 36.9. The molecule has 4 heteroatoms. The van der Waals surface area contributed by atoms with Crippen LogP contribution in [0.1, 0.15) is 168 Å². The highest BCUT2D eigenvalue weighted by Gasteiger charge is 2.17. The number of amides is 1. The summed E-state index contributed by atoms with van der Waals surface area (Å²) in [7, 11) is 0. The number of aliphatic hydroxyl groups excluding tert-OH is 2. The lowest BCUT2D eigenvalue weighted by atomic mass is 10.0. The van der Waals surface area contributed by atoms with Crippen molar-refractivity contribution in [3.63, 3.8) is 0 Å². The van der Waals surface area contributed by atoms with E-state index in [9.17, 15) is 15.0 Å². The molecule has 0 spiro atoms. The molecule has 0 unspecified atom stereocenters. The third-order valence-corrected chi connectivity index (χ3v) is 7.41. The lowest BCUT2D eigenvalue weighted by Crippen LogP contribution is -2.45. The Balaban J connectivity index is 3.66. The average Bonchev–Trinajstić information content (AvgIpc) is 2.92. The number of carbonyl (C=O) groups is 1. The molecule has 0 aliphatic heterocycles. The fourth-order valence-electron chi connectivity index (χ4n) is 4.82. The first-order chi connectivity index (χ1) is 18.7. The zero-order valence-electron chi connectivity index (χ0n) is 25.4. The van der Waals surface area contributed by atoms with E-state index in [0.29, 0.717) is 6.42 Å². The molecule has 1 amide bonds. The van der Waals surface area contributed by atoms with E-state index in [1.807, 2.05) is 6.08 Å². The van der Waals surface area contributed by atoms with Crippen LogP contribution in [-0.2, 0) is 4.79 Å². The molecule has 3 N–H and O–H groups in total. The van der Waals surface area contributed by atoms with Crippen molar-refractivity contribution in [1.29, 1.82) is 0 Å². The lowest BCUT2D eigenvalue weighted by Gasteiger charge is -2.20. The number of nitrogens with one attached hydrogen (secondary N) is 1. The molecule has 0 aliphatic rings. The van der Waals surface area contributed by atoms with E-state index in [2.05, 4.69) is 31.3 Å². The van der Waals surface area contributed by atoms with E-state index in [0.717, 1.165) is 25.7 Å². The Kier molecular flexibility index (Phi) is 29.5. The minimum atomic E-state index is -0.837. The van der Waals surface area contributed by atoms with Crippen LogP contribution in [0.15, 0.2) is 24.3 Å². The summed E-state index contributed by atoms with van der Waals surface area (Å²) in [6.07, 6.45) is 36.8. The van der Waals surface area contributed by atoms with Gasteiger partial charge in [-0.1, -0.05) is 147 Å². The number of aliphatic hydroxyl groups is 2. The van der Waals surface area contributed by atoms with Gasteiger partial charge in [0.05, 0.1) is 18.8 Å².